The monoisotopic (exact) mass is 365 g/mol. The number of nitrogens with one attached hydrogen (secondary N) is 1. The molecule has 0 spiro atoms. The number of para-hydroxylation sites is 1. The van der Waals surface area contributed by atoms with E-state index in [0.29, 0.717) is 0 Å². The maximum absolute atomic E-state index is 12.2. The van der Waals surface area contributed by atoms with Gasteiger partial charge in [-0.05, 0) is 67.8 Å². The summed E-state index contributed by atoms with van der Waals surface area (Å²) in [5, 5.41) is 11.8. The van der Waals surface area contributed by atoms with Gasteiger partial charge in [0.05, 0.1) is 11.4 Å². The predicted octanol–water partition coefficient (Wildman–Crippen LogP) is 4.31. The molecule has 2 heterocycles. The SMILES string of the molecule is Cc1nn(-c2ccccc2)c(C)c1C=CC(=O)NC(C)Cc1ccsc1. The summed E-state index contributed by atoms with van der Waals surface area (Å²) in [5.41, 5.74) is 5.17. The average molecular weight is 366 g/mol. The maximum atomic E-state index is 12.2. The Morgan fingerprint density at radius 1 is 1.27 bits per heavy atom. The number of carbonyl (C=O) groups is 1. The molecule has 4 nitrogen and oxygen atoms in total. The molecule has 5 heteroatoms. The minimum absolute atomic E-state index is 0.0843. The standard InChI is InChI=1S/C21H23N3OS/c1-15(13-18-11-12-26-14-18)22-21(25)10-9-20-16(2)23-24(17(20)3)19-7-5-4-6-8-19/h4-12,14-15H,13H2,1-3H3,(H,22,25). The van der Waals surface area contributed by atoms with Gasteiger partial charge in [-0.25, -0.2) is 4.68 Å². The molecule has 26 heavy (non-hydrogen) atoms. The number of benzene rings is 1. The van der Waals surface area contributed by atoms with Crippen molar-refractivity contribution < 1.29 is 4.79 Å². The third-order valence-corrected chi connectivity index (χ3v) is 4.99. The minimum atomic E-state index is -0.0843. The third kappa shape index (κ3) is 4.29. The largest absolute Gasteiger partial charge is 0.350 e. The molecular formula is C21H23N3OS. The molecule has 2 aromatic heterocycles. The topological polar surface area (TPSA) is 46.9 Å². The van der Waals surface area contributed by atoms with E-state index in [-0.39, 0.29) is 11.9 Å². The molecule has 1 atom stereocenters. The number of carbonyl (C=O) groups excluding carboxylic acids is 1. The van der Waals surface area contributed by atoms with E-state index in [4.69, 9.17) is 0 Å². The molecule has 0 saturated heterocycles. The number of nitrogens with zero attached hydrogens (tertiary/aromatic N) is 2. The third-order valence-electron chi connectivity index (χ3n) is 4.26. The Morgan fingerprint density at radius 3 is 2.73 bits per heavy atom. The Morgan fingerprint density at radius 2 is 2.04 bits per heavy atom. The van der Waals surface area contributed by atoms with E-state index in [2.05, 4.69) is 27.2 Å². The highest BCUT2D eigenvalue weighted by Crippen LogP contribution is 2.19. The first-order valence-corrected chi connectivity index (χ1v) is 9.60. The normalized spacial score (nSPS) is 12.4. The van der Waals surface area contributed by atoms with Crippen molar-refractivity contribution in [2.24, 2.45) is 0 Å². The molecule has 0 aliphatic rings. The first kappa shape index (κ1) is 18.1. The molecule has 3 rings (SSSR count). The van der Waals surface area contributed by atoms with Gasteiger partial charge in [-0.3, -0.25) is 4.79 Å². The second kappa shape index (κ2) is 8.15. The number of aryl methyl sites for hydroxylation is 1. The molecule has 0 radical (unpaired) electrons. The first-order chi connectivity index (χ1) is 12.5. The van der Waals surface area contributed by atoms with Crippen LogP contribution in [0.3, 0.4) is 0 Å². The molecule has 0 fully saturated rings. The molecule has 0 aliphatic carbocycles. The molecule has 0 bridgehead atoms. The molecule has 1 aromatic carbocycles. The number of hydrogen-bond donors (Lipinski definition) is 1. The van der Waals surface area contributed by atoms with Gasteiger partial charge >= 0.3 is 0 Å². The van der Waals surface area contributed by atoms with E-state index in [1.165, 1.54) is 5.56 Å². The lowest BCUT2D eigenvalue weighted by atomic mass is 10.1. The van der Waals surface area contributed by atoms with Gasteiger partial charge in [0.15, 0.2) is 0 Å². The summed E-state index contributed by atoms with van der Waals surface area (Å²) in [6.45, 7) is 6.00. The zero-order chi connectivity index (χ0) is 18.5. The van der Waals surface area contributed by atoms with Crippen molar-refractivity contribution in [1.82, 2.24) is 15.1 Å². The van der Waals surface area contributed by atoms with Gasteiger partial charge < -0.3 is 5.32 Å². The van der Waals surface area contributed by atoms with E-state index in [0.717, 1.165) is 29.1 Å². The van der Waals surface area contributed by atoms with Gasteiger partial charge in [-0.1, -0.05) is 18.2 Å². The average Bonchev–Trinajstić information content (AvgIpc) is 3.22. The highest BCUT2D eigenvalue weighted by Gasteiger charge is 2.11. The first-order valence-electron chi connectivity index (χ1n) is 8.66. The van der Waals surface area contributed by atoms with Crippen LogP contribution in [-0.2, 0) is 11.2 Å². The molecule has 1 N–H and O–H groups in total. The fraction of sp³-hybridized carbons (Fsp3) is 0.238. The Balaban J connectivity index is 1.68. The summed E-state index contributed by atoms with van der Waals surface area (Å²) in [6, 6.07) is 12.2. The molecule has 3 aromatic rings. The minimum Gasteiger partial charge on any atom is -0.350 e. The number of rotatable bonds is 6. The van der Waals surface area contributed by atoms with Crippen molar-refractivity contribution in [3.8, 4) is 5.69 Å². The van der Waals surface area contributed by atoms with Crippen LogP contribution in [0.2, 0.25) is 0 Å². The van der Waals surface area contributed by atoms with Gasteiger partial charge in [0.2, 0.25) is 5.91 Å². The van der Waals surface area contributed by atoms with Crippen LogP contribution in [0.15, 0.2) is 53.2 Å². The van der Waals surface area contributed by atoms with Crippen LogP contribution in [0, 0.1) is 13.8 Å². The summed E-state index contributed by atoms with van der Waals surface area (Å²) in [4.78, 5) is 12.2. The smallest absolute Gasteiger partial charge is 0.244 e. The van der Waals surface area contributed by atoms with Crippen molar-refractivity contribution in [2.75, 3.05) is 0 Å². The second-order valence-corrected chi connectivity index (χ2v) is 7.19. The van der Waals surface area contributed by atoms with Crippen LogP contribution in [0.4, 0.5) is 0 Å². The van der Waals surface area contributed by atoms with E-state index in [9.17, 15) is 4.79 Å². The number of amides is 1. The zero-order valence-electron chi connectivity index (χ0n) is 15.3. The van der Waals surface area contributed by atoms with Crippen LogP contribution >= 0.6 is 11.3 Å². The summed E-state index contributed by atoms with van der Waals surface area (Å²) < 4.78 is 1.91. The van der Waals surface area contributed by atoms with Crippen LogP contribution in [-0.4, -0.2) is 21.7 Å². The fourth-order valence-electron chi connectivity index (χ4n) is 2.98. The van der Waals surface area contributed by atoms with Crippen LogP contribution in [0.5, 0.6) is 0 Å². The zero-order valence-corrected chi connectivity index (χ0v) is 16.1. The van der Waals surface area contributed by atoms with Crippen molar-refractivity contribution >= 4 is 23.3 Å². The molecular weight excluding hydrogens is 342 g/mol. The predicted molar refractivity (Wildman–Crippen MR) is 108 cm³/mol. The van der Waals surface area contributed by atoms with Crippen molar-refractivity contribution in [3.63, 3.8) is 0 Å². The molecule has 0 saturated carbocycles. The Bertz CT molecular complexity index is 895. The molecule has 0 aliphatic heterocycles. The van der Waals surface area contributed by atoms with E-state index in [1.54, 1.807) is 17.4 Å². The molecule has 1 unspecified atom stereocenters. The van der Waals surface area contributed by atoms with Gasteiger partial charge in [0.1, 0.15) is 0 Å². The van der Waals surface area contributed by atoms with Crippen LogP contribution in [0.25, 0.3) is 11.8 Å². The summed E-state index contributed by atoms with van der Waals surface area (Å²) in [7, 11) is 0. The highest BCUT2D eigenvalue weighted by atomic mass is 32.1. The summed E-state index contributed by atoms with van der Waals surface area (Å²) in [6.07, 6.45) is 4.29. The maximum Gasteiger partial charge on any atom is 0.244 e. The Hall–Kier alpha value is -2.66. The van der Waals surface area contributed by atoms with E-state index >= 15 is 0 Å². The molecule has 134 valence electrons. The van der Waals surface area contributed by atoms with Gasteiger partial charge in [0.25, 0.3) is 0 Å². The lowest BCUT2D eigenvalue weighted by Crippen LogP contribution is -2.32. The summed E-state index contributed by atoms with van der Waals surface area (Å²) >= 11 is 1.68. The van der Waals surface area contributed by atoms with Crippen LogP contribution in [0.1, 0.15) is 29.4 Å². The lowest BCUT2D eigenvalue weighted by Gasteiger charge is -2.11. The van der Waals surface area contributed by atoms with E-state index < -0.39 is 0 Å². The van der Waals surface area contributed by atoms with Gasteiger partial charge in [0, 0.05) is 23.4 Å². The lowest BCUT2D eigenvalue weighted by molar-refractivity contribution is -0.117. The van der Waals surface area contributed by atoms with Gasteiger partial charge in [-0.15, -0.1) is 0 Å². The van der Waals surface area contributed by atoms with Crippen LogP contribution < -0.4 is 5.32 Å². The van der Waals surface area contributed by atoms with Crippen molar-refractivity contribution in [3.05, 3.63) is 75.7 Å². The summed E-state index contributed by atoms with van der Waals surface area (Å²) in [5.74, 6) is -0.0843. The second-order valence-electron chi connectivity index (χ2n) is 6.41. The highest BCUT2D eigenvalue weighted by molar-refractivity contribution is 7.07. The van der Waals surface area contributed by atoms with Crippen molar-refractivity contribution in [2.45, 2.75) is 33.2 Å². The number of hydrogen-bond acceptors (Lipinski definition) is 3. The number of aromatic nitrogens is 2. The Labute approximate surface area is 158 Å². The fourth-order valence-corrected chi connectivity index (χ4v) is 3.66. The van der Waals surface area contributed by atoms with Crippen molar-refractivity contribution in [1.29, 1.82) is 0 Å². The van der Waals surface area contributed by atoms with Gasteiger partial charge in [-0.2, -0.15) is 16.4 Å². The quantitative estimate of drug-likeness (QED) is 0.662. The van der Waals surface area contributed by atoms with E-state index in [1.807, 2.05) is 61.9 Å². The number of thiophene rings is 1. The Kier molecular flexibility index (Phi) is 5.68. The molecule has 1 amide bonds.